The number of carbonyl (C=O) groups is 2. The lowest BCUT2D eigenvalue weighted by Crippen LogP contribution is -2.34. The molecule has 1 aromatic heterocycles. The first-order valence-electron chi connectivity index (χ1n) is 9.18. The number of ether oxygens (including phenoxy) is 1. The van der Waals surface area contributed by atoms with Crippen LogP contribution in [0.5, 0.6) is 5.75 Å². The van der Waals surface area contributed by atoms with Crippen molar-refractivity contribution < 1.29 is 18.7 Å². The van der Waals surface area contributed by atoms with Crippen LogP contribution < -0.4 is 20.7 Å². The number of hydrogen-bond donors (Lipinski definition) is 3. The van der Waals surface area contributed by atoms with Gasteiger partial charge in [0.05, 0.1) is 6.26 Å². The van der Waals surface area contributed by atoms with Gasteiger partial charge in [-0.15, -0.1) is 0 Å². The summed E-state index contributed by atoms with van der Waals surface area (Å²) in [5.74, 6) is 0.452. The first kappa shape index (κ1) is 20.5. The number of amides is 3. The van der Waals surface area contributed by atoms with Gasteiger partial charge in [0.15, 0.2) is 12.4 Å². The van der Waals surface area contributed by atoms with E-state index in [1.807, 2.05) is 18.2 Å². The lowest BCUT2D eigenvalue weighted by Gasteiger charge is -2.10. The second-order valence-corrected chi connectivity index (χ2v) is 6.26. The molecule has 8 heteroatoms. The van der Waals surface area contributed by atoms with Gasteiger partial charge < -0.3 is 25.1 Å². The predicted octanol–water partition coefficient (Wildman–Crippen LogP) is 3.43. The molecule has 0 aliphatic heterocycles. The largest absolute Gasteiger partial charge is 0.479 e. The van der Waals surface area contributed by atoms with Gasteiger partial charge in [0.2, 0.25) is 0 Å². The van der Waals surface area contributed by atoms with Crippen molar-refractivity contribution in [3.8, 4) is 11.8 Å². The molecule has 8 nitrogen and oxygen atoms in total. The molecular weight excluding hydrogens is 384 g/mol. The third-order valence-electron chi connectivity index (χ3n) is 4.04. The summed E-state index contributed by atoms with van der Waals surface area (Å²) >= 11 is 0. The molecule has 0 aliphatic carbocycles. The Morgan fingerprint density at radius 2 is 1.70 bits per heavy atom. The smallest absolute Gasteiger partial charge is 0.315 e. The summed E-state index contributed by atoms with van der Waals surface area (Å²) in [7, 11) is 0. The maximum atomic E-state index is 12.1. The quantitative estimate of drug-likeness (QED) is 0.532. The van der Waals surface area contributed by atoms with Crippen molar-refractivity contribution in [1.82, 2.24) is 10.6 Å². The molecule has 0 bridgehead atoms. The van der Waals surface area contributed by atoms with E-state index in [2.05, 4.69) is 16.0 Å². The number of carbonyl (C=O) groups excluding carboxylic acids is 2. The Labute approximate surface area is 173 Å². The van der Waals surface area contributed by atoms with Gasteiger partial charge in [0.1, 0.15) is 11.8 Å². The normalized spacial score (nSPS) is 9.97. The van der Waals surface area contributed by atoms with Crippen molar-refractivity contribution in [3.63, 3.8) is 0 Å². The van der Waals surface area contributed by atoms with Gasteiger partial charge in [0.25, 0.3) is 5.91 Å². The molecule has 3 rings (SSSR count). The fourth-order valence-electron chi connectivity index (χ4n) is 2.65. The average Bonchev–Trinajstić information content (AvgIpc) is 3.31. The number of urea groups is 1. The lowest BCUT2D eigenvalue weighted by atomic mass is 10.2. The molecule has 30 heavy (non-hydrogen) atoms. The summed E-state index contributed by atoms with van der Waals surface area (Å²) < 4.78 is 10.3. The number of rotatable bonds is 8. The molecule has 0 saturated carbocycles. The van der Waals surface area contributed by atoms with E-state index >= 15 is 0 Å². The van der Waals surface area contributed by atoms with Crippen molar-refractivity contribution >= 4 is 17.6 Å². The van der Waals surface area contributed by atoms with Crippen LogP contribution in [0.3, 0.4) is 0 Å². The predicted molar refractivity (Wildman–Crippen MR) is 110 cm³/mol. The van der Waals surface area contributed by atoms with Crippen molar-refractivity contribution in [1.29, 1.82) is 5.26 Å². The van der Waals surface area contributed by atoms with E-state index in [4.69, 9.17) is 14.4 Å². The Kier molecular flexibility index (Phi) is 7.06. The molecule has 0 saturated heterocycles. The minimum absolute atomic E-state index is 0.0294. The Morgan fingerprint density at radius 1 is 0.967 bits per heavy atom. The van der Waals surface area contributed by atoms with Crippen LogP contribution in [0.2, 0.25) is 0 Å². The van der Waals surface area contributed by atoms with E-state index in [0.29, 0.717) is 24.5 Å². The van der Waals surface area contributed by atoms with Crippen molar-refractivity contribution in [2.45, 2.75) is 13.1 Å². The second kappa shape index (κ2) is 10.3. The highest BCUT2D eigenvalue weighted by Crippen LogP contribution is 2.14. The molecule has 3 N–H and O–H groups in total. The van der Waals surface area contributed by atoms with Gasteiger partial charge in [-0.05, 0) is 47.5 Å². The monoisotopic (exact) mass is 404 g/mol. The fourth-order valence-corrected chi connectivity index (χ4v) is 2.65. The van der Waals surface area contributed by atoms with Gasteiger partial charge in [-0.3, -0.25) is 4.79 Å². The summed E-state index contributed by atoms with van der Waals surface area (Å²) in [4.78, 5) is 24.1. The molecule has 0 unspecified atom stereocenters. The molecular formula is C22H20N4O4. The number of nitriles is 1. The van der Waals surface area contributed by atoms with E-state index in [-0.39, 0.29) is 24.3 Å². The average molecular weight is 404 g/mol. The number of hydrogen-bond acceptors (Lipinski definition) is 5. The molecule has 3 amide bonds. The highest BCUT2D eigenvalue weighted by molar-refractivity contribution is 6.02. The molecule has 0 fully saturated rings. The van der Waals surface area contributed by atoms with Gasteiger partial charge in [-0.25, -0.2) is 4.79 Å². The van der Waals surface area contributed by atoms with Crippen LogP contribution in [-0.2, 0) is 13.1 Å². The number of furan rings is 1. The van der Waals surface area contributed by atoms with E-state index in [1.165, 1.54) is 6.26 Å². The van der Waals surface area contributed by atoms with Crippen LogP contribution in [0.4, 0.5) is 10.5 Å². The van der Waals surface area contributed by atoms with Crippen LogP contribution in [0, 0.1) is 11.3 Å². The Hall–Kier alpha value is -4.25. The SMILES string of the molecule is N#CCOc1cccc(CNC(=O)NCc2cccc(NC(=O)c3ccco3)c2)c1. The number of anilines is 1. The first-order chi connectivity index (χ1) is 14.6. The van der Waals surface area contributed by atoms with Gasteiger partial charge in [-0.2, -0.15) is 5.26 Å². The highest BCUT2D eigenvalue weighted by Gasteiger charge is 2.09. The maximum Gasteiger partial charge on any atom is 0.315 e. The molecule has 152 valence electrons. The molecule has 0 aliphatic rings. The molecule has 0 radical (unpaired) electrons. The minimum atomic E-state index is -0.344. The summed E-state index contributed by atoms with van der Waals surface area (Å²) in [5, 5.41) is 16.8. The van der Waals surface area contributed by atoms with Crippen LogP contribution >= 0.6 is 0 Å². The minimum Gasteiger partial charge on any atom is -0.479 e. The number of benzene rings is 2. The Bertz CT molecular complexity index is 1040. The van der Waals surface area contributed by atoms with E-state index in [9.17, 15) is 9.59 Å². The van der Waals surface area contributed by atoms with Crippen LogP contribution in [0.1, 0.15) is 21.7 Å². The van der Waals surface area contributed by atoms with E-state index < -0.39 is 0 Å². The summed E-state index contributed by atoms with van der Waals surface area (Å²) in [6.07, 6.45) is 1.43. The Balaban J connectivity index is 1.47. The topological polar surface area (TPSA) is 116 Å². The van der Waals surface area contributed by atoms with E-state index in [1.54, 1.807) is 48.5 Å². The summed E-state index contributed by atoms with van der Waals surface area (Å²) in [6, 6.07) is 19.1. The zero-order valence-electron chi connectivity index (χ0n) is 16.1. The number of nitrogens with zero attached hydrogens (tertiary/aromatic N) is 1. The third kappa shape index (κ3) is 6.14. The second-order valence-electron chi connectivity index (χ2n) is 6.26. The van der Waals surface area contributed by atoms with E-state index in [0.717, 1.165) is 11.1 Å². The molecule has 2 aromatic carbocycles. The standard InChI is InChI=1S/C22H20N4O4/c23-9-11-29-19-7-2-5-17(13-19)15-25-22(28)24-14-16-4-1-6-18(12-16)26-21(27)20-8-3-10-30-20/h1-8,10,12-13H,11,14-15H2,(H,26,27)(H2,24,25,28). The zero-order valence-corrected chi connectivity index (χ0v) is 16.1. The van der Waals surface area contributed by atoms with Gasteiger partial charge in [-0.1, -0.05) is 24.3 Å². The third-order valence-corrected chi connectivity index (χ3v) is 4.04. The zero-order chi connectivity index (χ0) is 21.2. The van der Waals surface area contributed by atoms with Crippen LogP contribution in [0.15, 0.2) is 71.3 Å². The van der Waals surface area contributed by atoms with Crippen molar-refractivity contribution in [2.24, 2.45) is 0 Å². The number of nitrogens with one attached hydrogen (secondary N) is 3. The van der Waals surface area contributed by atoms with Crippen LogP contribution in [-0.4, -0.2) is 18.5 Å². The molecule has 1 heterocycles. The maximum absolute atomic E-state index is 12.1. The molecule has 3 aromatic rings. The van der Waals surface area contributed by atoms with Gasteiger partial charge in [0, 0.05) is 18.8 Å². The van der Waals surface area contributed by atoms with Gasteiger partial charge >= 0.3 is 6.03 Å². The Morgan fingerprint density at radius 3 is 2.40 bits per heavy atom. The van der Waals surface area contributed by atoms with Crippen molar-refractivity contribution in [3.05, 3.63) is 83.8 Å². The summed E-state index contributed by atoms with van der Waals surface area (Å²) in [6.45, 7) is 0.578. The highest BCUT2D eigenvalue weighted by atomic mass is 16.5. The molecule has 0 atom stereocenters. The first-order valence-corrected chi connectivity index (χ1v) is 9.18. The lowest BCUT2D eigenvalue weighted by molar-refractivity contribution is 0.0996. The van der Waals surface area contributed by atoms with Crippen molar-refractivity contribution in [2.75, 3.05) is 11.9 Å². The summed E-state index contributed by atoms with van der Waals surface area (Å²) in [5.41, 5.74) is 2.28. The molecule has 0 spiro atoms. The fraction of sp³-hybridized carbons (Fsp3) is 0.136. The van der Waals surface area contributed by atoms with Crippen LogP contribution in [0.25, 0.3) is 0 Å².